The van der Waals surface area contributed by atoms with Crippen LogP contribution in [0.2, 0.25) is 0 Å². The molecule has 1 aromatic rings. The highest BCUT2D eigenvalue weighted by atomic mass is 16.6. The third-order valence-electron chi connectivity index (χ3n) is 10.2. The van der Waals surface area contributed by atoms with Crippen molar-refractivity contribution in [2.45, 2.75) is 96.2 Å². The number of piperidine rings is 1. The Bertz CT molecular complexity index is 1180. The smallest absolute Gasteiger partial charge is 0.343 e. The number of aliphatic hydroxyl groups excluding tert-OH is 1. The maximum absolute atomic E-state index is 12.4. The molecule has 2 saturated heterocycles. The zero-order valence-electron chi connectivity index (χ0n) is 24.3. The predicted molar refractivity (Wildman–Crippen MR) is 154 cm³/mol. The molecule has 4 heterocycles. The molecule has 1 aliphatic carbocycles. The number of benzene rings is 1. The van der Waals surface area contributed by atoms with E-state index in [0.717, 1.165) is 44.4 Å². The van der Waals surface area contributed by atoms with Crippen molar-refractivity contribution >= 4 is 5.97 Å². The van der Waals surface area contributed by atoms with Crippen LogP contribution in [0.4, 0.5) is 0 Å². The number of methoxy groups -OCH3 is 1. The van der Waals surface area contributed by atoms with E-state index >= 15 is 0 Å². The number of allylic oxidation sites excluding steroid dienone is 1. The van der Waals surface area contributed by atoms with Crippen LogP contribution >= 0.6 is 0 Å². The molecule has 1 N–H and O–H groups in total. The average molecular weight is 548 g/mol. The largest absolute Gasteiger partial charge is 0.492 e. The summed E-state index contributed by atoms with van der Waals surface area (Å²) in [6, 6.07) is 11.2. The van der Waals surface area contributed by atoms with Crippen molar-refractivity contribution in [1.29, 1.82) is 0 Å². The summed E-state index contributed by atoms with van der Waals surface area (Å²) < 4.78 is 17.8. The van der Waals surface area contributed by atoms with E-state index in [1.807, 2.05) is 0 Å². The summed E-state index contributed by atoms with van der Waals surface area (Å²) >= 11 is 0. The molecule has 1 aromatic carbocycles. The van der Waals surface area contributed by atoms with E-state index in [0.29, 0.717) is 34.7 Å². The van der Waals surface area contributed by atoms with Crippen molar-refractivity contribution in [3.8, 4) is 0 Å². The van der Waals surface area contributed by atoms with Crippen molar-refractivity contribution in [3.05, 3.63) is 70.6 Å². The number of hydrogen-bond acceptors (Lipinski definition) is 6. The first-order valence-corrected chi connectivity index (χ1v) is 15.5. The third-order valence-corrected chi connectivity index (χ3v) is 10.2. The number of esters is 1. The lowest BCUT2D eigenvalue weighted by Crippen LogP contribution is -2.57. The van der Waals surface area contributed by atoms with Crippen LogP contribution in [0.5, 0.6) is 0 Å². The first-order chi connectivity index (χ1) is 19.4. The molecule has 5 aliphatic rings. The number of fused-ring (bicyclic) bond motifs is 3. The normalized spacial score (nSPS) is 34.0. The number of ether oxygens (including phenoxy) is 3. The number of nitrogens with zero attached hydrogens (tertiary/aromatic N) is 1. The van der Waals surface area contributed by atoms with Gasteiger partial charge in [-0.3, -0.25) is 4.90 Å². The summed E-state index contributed by atoms with van der Waals surface area (Å²) in [4.78, 5) is 15.0. The zero-order valence-corrected chi connectivity index (χ0v) is 24.3. The molecule has 0 radical (unpaired) electrons. The number of carbonyl (C=O) groups excluding carboxylic acids is 1. The standard InChI is InChI=1S/C34H45NO5/c1-21-30-27-19-25(17-23-11-6-4-7-12-23)18-26(28(36)20-24-13-8-5-9-14-24)35(27)16-10-15-29(30)39-32(21)33-31(38-3)22(2)34(37)40-33/h4,6-7,11-12,15,21,24-28,30,36H,5,8-10,13-14,16-20H2,1-3H3/t21-,25+,26-,27-,28-,30+/m0/s1. The number of hydrogen-bond donors (Lipinski definition) is 1. The van der Waals surface area contributed by atoms with Gasteiger partial charge >= 0.3 is 5.97 Å². The second-order valence-corrected chi connectivity index (χ2v) is 12.8. The lowest BCUT2D eigenvalue weighted by molar-refractivity contribution is -0.133. The summed E-state index contributed by atoms with van der Waals surface area (Å²) in [6.45, 7) is 4.87. The Balaban J connectivity index is 1.31. The van der Waals surface area contributed by atoms with Gasteiger partial charge in [0.15, 0.2) is 11.5 Å². The van der Waals surface area contributed by atoms with Crippen LogP contribution in [-0.2, 0) is 25.4 Å². The Hall–Kier alpha value is -2.57. The van der Waals surface area contributed by atoms with Crippen LogP contribution in [0.1, 0.15) is 77.2 Å². The Kier molecular flexibility index (Phi) is 8.09. The molecular formula is C34H45NO5. The van der Waals surface area contributed by atoms with Gasteiger partial charge in [0.25, 0.3) is 0 Å². The molecule has 40 heavy (non-hydrogen) atoms. The van der Waals surface area contributed by atoms with E-state index in [9.17, 15) is 9.90 Å². The van der Waals surface area contributed by atoms with Crippen molar-refractivity contribution in [3.63, 3.8) is 0 Å². The fourth-order valence-corrected chi connectivity index (χ4v) is 8.29. The van der Waals surface area contributed by atoms with Gasteiger partial charge in [0.2, 0.25) is 5.76 Å². The Morgan fingerprint density at radius 1 is 1.07 bits per heavy atom. The fourth-order valence-electron chi connectivity index (χ4n) is 8.29. The zero-order chi connectivity index (χ0) is 27.8. The molecule has 0 amide bonds. The van der Waals surface area contributed by atoms with Crippen LogP contribution in [0.25, 0.3) is 0 Å². The van der Waals surface area contributed by atoms with Crippen molar-refractivity contribution in [2.24, 2.45) is 23.7 Å². The average Bonchev–Trinajstić information content (AvgIpc) is 3.36. The highest BCUT2D eigenvalue weighted by Crippen LogP contribution is 2.50. The molecule has 0 spiro atoms. The van der Waals surface area contributed by atoms with Crippen LogP contribution in [0.3, 0.4) is 0 Å². The maximum atomic E-state index is 12.4. The van der Waals surface area contributed by atoms with E-state index in [1.54, 1.807) is 14.0 Å². The van der Waals surface area contributed by atoms with E-state index < -0.39 is 0 Å². The number of aliphatic hydroxyl groups is 1. The summed E-state index contributed by atoms with van der Waals surface area (Å²) in [6.07, 6.45) is 13.3. The highest BCUT2D eigenvalue weighted by molar-refractivity contribution is 5.93. The molecule has 6 heteroatoms. The molecule has 3 fully saturated rings. The summed E-state index contributed by atoms with van der Waals surface area (Å²) in [7, 11) is 1.58. The summed E-state index contributed by atoms with van der Waals surface area (Å²) in [5.74, 6) is 3.53. The van der Waals surface area contributed by atoms with Gasteiger partial charge in [-0.05, 0) is 62.5 Å². The summed E-state index contributed by atoms with van der Waals surface area (Å²) in [5, 5.41) is 11.8. The van der Waals surface area contributed by atoms with Gasteiger partial charge < -0.3 is 19.3 Å². The lowest BCUT2D eigenvalue weighted by Gasteiger charge is -2.49. The Morgan fingerprint density at radius 3 is 2.60 bits per heavy atom. The van der Waals surface area contributed by atoms with Gasteiger partial charge in [-0.15, -0.1) is 0 Å². The van der Waals surface area contributed by atoms with Crippen LogP contribution in [0.15, 0.2) is 65.0 Å². The van der Waals surface area contributed by atoms with E-state index in [4.69, 9.17) is 14.2 Å². The van der Waals surface area contributed by atoms with Gasteiger partial charge in [-0.1, -0.05) is 69.4 Å². The molecule has 216 valence electrons. The van der Waals surface area contributed by atoms with E-state index in [2.05, 4.69) is 48.2 Å². The lowest BCUT2D eigenvalue weighted by atomic mass is 9.73. The van der Waals surface area contributed by atoms with Gasteiger partial charge in [-0.25, -0.2) is 4.79 Å². The fraction of sp³-hybridized carbons (Fsp3) is 0.618. The molecule has 6 rings (SSSR count). The van der Waals surface area contributed by atoms with Gasteiger partial charge in [-0.2, -0.15) is 0 Å². The first kappa shape index (κ1) is 27.6. The Morgan fingerprint density at radius 2 is 1.85 bits per heavy atom. The van der Waals surface area contributed by atoms with Gasteiger partial charge in [0, 0.05) is 30.5 Å². The monoisotopic (exact) mass is 547 g/mol. The van der Waals surface area contributed by atoms with Crippen LogP contribution in [0, 0.1) is 23.7 Å². The second kappa shape index (κ2) is 11.7. The van der Waals surface area contributed by atoms with Crippen molar-refractivity contribution < 1.29 is 24.1 Å². The molecule has 0 bridgehead atoms. The van der Waals surface area contributed by atoms with Gasteiger partial charge in [0.05, 0.1) is 18.8 Å². The molecular weight excluding hydrogens is 502 g/mol. The maximum Gasteiger partial charge on any atom is 0.343 e. The molecule has 6 nitrogen and oxygen atoms in total. The van der Waals surface area contributed by atoms with Crippen molar-refractivity contribution in [2.75, 3.05) is 13.7 Å². The molecule has 0 unspecified atom stereocenters. The number of cyclic esters (lactones) is 1. The van der Waals surface area contributed by atoms with Crippen molar-refractivity contribution in [1.82, 2.24) is 4.90 Å². The molecule has 0 aromatic heterocycles. The minimum Gasteiger partial charge on any atom is -0.492 e. The van der Waals surface area contributed by atoms with E-state index in [-0.39, 0.29) is 36.0 Å². The highest BCUT2D eigenvalue weighted by Gasteiger charge is 2.51. The minimum atomic E-state index is -0.371. The number of rotatable bonds is 6. The number of carbonyl (C=O) groups is 1. The topological polar surface area (TPSA) is 68.2 Å². The van der Waals surface area contributed by atoms with Gasteiger partial charge in [0.1, 0.15) is 5.76 Å². The van der Waals surface area contributed by atoms with E-state index in [1.165, 1.54) is 37.7 Å². The van der Waals surface area contributed by atoms with Crippen LogP contribution in [-0.4, -0.2) is 47.8 Å². The first-order valence-electron chi connectivity index (χ1n) is 15.5. The SMILES string of the molecule is COC1=C(C)C(=O)OC1=C1OC2=CCCN3[C@@H](C[C@H](Cc4ccccc4)C[C@H]3[C@@H](O)CC3CCCCC3)[C@H]2[C@@H]1C. The predicted octanol–water partition coefficient (Wildman–Crippen LogP) is 6.27. The minimum absolute atomic E-state index is 0.0299. The second-order valence-electron chi connectivity index (χ2n) is 12.8. The van der Waals surface area contributed by atoms with Crippen LogP contribution < -0.4 is 0 Å². The quantitative estimate of drug-likeness (QED) is 0.424. The molecule has 1 saturated carbocycles. The third kappa shape index (κ3) is 5.25. The molecule has 6 atom stereocenters. The summed E-state index contributed by atoms with van der Waals surface area (Å²) in [5.41, 5.74) is 1.85. The Labute approximate surface area is 239 Å². The molecule has 4 aliphatic heterocycles.